The van der Waals surface area contributed by atoms with Gasteiger partial charge in [0.2, 0.25) is 0 Å². The molecule has 0 unspecified atom stereocenters. The summed E-state index contributed by atoms with van der Waals surface area (Å²) in [4.78, 5) is 10.0. The smallest absolute Gasteiger partial charge is 0.275 e. The Morgan fingerprint density at radius 3 is 2.65 bits per heavy atom. The lowest BCUT2D eigenvalue weighted by Gasteiger charge is -1.98. The van der Waals surface area contributed by atoms with Crippen LogP contribution in [0.2, 0.25) is 0 Å². The molecule has 0 aliphatic carbocycles. The van der Waals surface area contributed by atoms with E-state index in [-0.39, 0.29) is 5.96 Å². The monoisotopic (exact) mass is 235 g/mol. The van der Waals surface area contributed by atoms with E-state index in [1.54, 1.807) is 12.3 Å². The van der Waals surface area contributed by atoms with E-state index in [9.17, 15) is 10.1 Å². The molecule has 17 heavy (non-hydrogen) atoms. The number of hydrogen-bond donors (Lipinski definition) is 2. The first kappa shape index (κ1) is 12.6. The van der Waals surface area contributed by atoms with Gasteiger partial charge in [-0.2, -0.15) is 5.10 Å². The number of guanidine groups is 1. The SMILES string of the molecule is C/C(Cc1ccccc1)=N\N=C(\N)N[N+](=O)[O-]. The largest absolute Gasteiger partial charge is 0.364 e. The minimum atomic E-state index is -0.791. The second-order valence-corrected chi connectivity index (χ2v) is 3.35. The molecule has 3 N–H and O–H groups in total. The molecular formula is C10H13N5O2. The summed E-state index contributed by atoms with van der Waals surface area (Å²) in [6.07, 6.45) is 0.621. The molecule has 0 amide bonds. The van der Waals surface area contributed by atoms with Gasteiger partial charge in [0, 0.05) is 12.1 Å². The van der Waals surface area contributed by atoms with Crippen molar-refractivity contribution < 1.29 is 5.03 Å². The molecule has 0 aromatic heterocycles. The fourth-order valence-electron chi connectivity index (χ4n) is 1.18. The fraction of sp³-hybridized carbons (Fsp3) is 0.200. The number of nitro groups is 1. The van der Waals surface area contributed by atoms with Gasteiger partial charge < -0.3 is 5.73 Å². The minimum absolute atomic E-state index is 0.345. The molecule has 7 nitrogen and oxygen atoms in total. The van der Waals surface area contributed by atoms with E-state index in [1.807, 2.05) is 30.3 Å². The van der Waals surface area contributed by atoms with Crippen LogP contribution >= 0.6 is 0 Å². The maximum atomic E-state index is 10.0. The van der Waals surface area contributed by atoms with Gasteiger partial charge >= 0.3 is 0 Å². The number of nitrogens with one attached hydrogen (secondary N) is 1. The van der Waals surface area contributed by atoms with Crippen LogP contribution in [0, 0.1) is 10.1 Å². The average molecular weight is 235 g/mol. The third-order valence-corrected chi connectivity index (χ3v) is 1.84. The fourth-order valence-corrected chi connectivity index (χ4v) is 1.18. The van der Waals surface area contributed by atoms with Crippen molar-refractivity contribution in [2.24, 2.45) is 15.9 Å². The van der Waals surface area contributed by atoms with Crippen LogP contribution in [0.25, 0.3) is 0 Å². The molecule has 0 aliphatic rings. The van der Waals surface area contributed by atoms with Crippen molar-refractivity contribution in [2.45, 2.75) is 13.3 Å². The molecule has 1 aromatic carbocycles. The normalized spacial score (nSPS) is 12.3. The van der Waals surface area contributed by atoms with Gasteiger partial charge in [0.15, 0.2) is 5.03 Å². The highest BCUT2D eigenvalue weighted by Crippen LogP contribution is 2.00. The number of hydrogen-bond acceptors (Lipinski definition) is 4. The van der Waals surface area contributed by atoms with Gasteiger partial charge in [-0.15, -0.1) is 5.10 Å². The van der Waals surface area contributed by atoms with Crippen LogP contribution in [0.15, 0.2) is 40.5 Å². The standard InChI is InChI=1S/C10H13N5O2/c1-8(7-9-5-3-2-4-6-9)12-13-10(11)14-15(16)17/h2-6H,7H2,1H3,(H3,11,13,14)/b12-8+. The zero-order valence-corrected chi connectivity index (χ0v) is 9.33. The number of nitrogens with zero attached hydrogens (tertiary/aromatic N) is 3. The van der Waals surface area contributed by atoms with Crippen molar-refractivity contribution >= 4 is 11.7 Å². The van der Waals surface area contributed by atoms with Crippen molar-refractivity contribution in [3.63, 3.8) is 0 Å². The summed E-state index contributed by atoms with van der Waals surface area (Å²) in [5.74, 6) is -0.345. The number of nitrogens with two attached hydrogens (primary N) is 1. The number of benzene rings is 1. The molecule has 0 radical (unpaired) electrons. The lowest BCUT2D eigenvalue weighted by atomic mass is 10.1. The molecule has 1 aromatic rings. The first-order valence-electron chi connectivity index (χ1n) is 4.89. The van der Waals surface area contributed by atoms with E-state index in [0.29, 0.717) is 12.1 Å². The van der Waals surface area contributed by atoms with Crippen LogP contribution in [-0.2, 0) is 6.42 Å². The van der Waals surface area contributed by atoms with Crippen LogP contribution in [-0.4, -0.2) is 16.7 Å². The van der Waals surface area contributed by atoms with Gasteiger partial charge in [-0.1, -0.05) is 35.8 Å². The van der Waals surface area contributed by atoms with E-state index < -0.39 is 5.03 Å². The Bertz CT molecular complexity index is 441. The second-order valence-electron chi connectivity index (χ2n) is 3.35. The summed E-state index contributed by atoms with van der Waals surface area (Å²) in [6, 6.07) is 9.69. The number of hydrazine groups is 1. The highest BCUT2D eigenvalue weighted by atomic mass is 16.7. The molecule has 7 heteroatoms. The molecule has 0 aliphatic heterocycles. The molecule has 0 saturated heterocycles. The van der Waals surface area contributed by atoms with Crippen molar-refractivity contribution in [1.29, 1.82) is 0 Å². The van der Waals surface area contributed by atoms with Crippen molar-refractivity contribution in [1.82, 2.24) is 5.43 Å². The minimum Gasteiger partial charge on any atom is -0.364 e. The summed E-state index contributed by atoms with van der Waals surface area (Å²) in [7, 11) is 0. The second kappa shape index (κ2) is 6.21. The molecule has 0 spiro atoms. The zero-order valence-electron chi connectivity index (χ0n) is 9.33. The van der Waals surface area contributed by atoms with Crippen LogP contribution < -0.4 is 11.2 Å². The van der Waals surface area contributed by atoms with Crippen molar-refractivity contribution in [3.8, 4) is 0 Å². The topological polar surface area (TPSA) is 106 Å². The summed E-state index contributed by atoms with van der Waals surface area (Å²) < 4.78 is 0. The summed E-state index contributed by atoms with van der Waals surface area (Å²) in [6.45, 7) is 1.77. The highest BCUT2D eigenvalue weighted by Gasteiger charge is 1.98. The lowest BCUT2D eigenvalue weighted by Crippen LogP contribution is -2.35. The molecule has 90 valence electrons. The van der Waals surface area contributed by atoms with E-state index >= 15 is 0 Å². The van der Waals surface area contributed by atoms with Gasteiger partial charge in [-0.25, -0.2) is 10.1 Å². The molecular weight excluding hydrogens is 222 g/mol. The molecule has 0 bridgehead atoms. The third-order valence-electron chi connectivity index (χ3n) is 1.84. The highest BCUT2D eigenvalue weighted by molar-refractivity contribution is 5.85. The lowest BCUT2D eigenvalue weighted by molar-refractivity contribution is -0.525. The van der Waals surface area contributed by atoms with E-state index in [2.05, 4.69) is 10.2 Å². The molecule has 0 heterocycles. The number of rotatable bonds is 4. The van der Waals surface area contributed by atoms with Crippen molar-refractivity contribution in [2.75, 3.05) is 0 Å². The first-order valence-corrected chi connectivity index (χ1v) is 4.89. The van der Waals surface area contributed by atoms with Gasteiger partial charge in [-0.05, 0) is 12.5 Å². The zero-order chi connectivity index (χ0) is 12.7. The van der Waals surface area contributed by atoms with E-state index in [4.69, 9.17) is 5.73 Å². The quantitative estimate of drug-likeness (QED) is 0.346. The summed E-state index contributed by atoms with van der Waals surface area (Å²) >= 11 is 0. The Labute approximate surface area is 98.2 Å². The third kappa shape index (κ3) is 5.26. The summed E-state index contributed by atoms with van der Waals surface area (Å²) in [5, 5.41) is 16.5. The Hall–Kier alpha value is -2.44. The Morgan fingerprint density at radius 2 is 2.06 bits per heavy atom. The molecule has 0 atom stereocenters. The molecule has 1 rings (SSSR count). The molecule has 0 saturated carbocycles. The molecule has 0 fully saturated rings. The van der Waals surface area contributed by atoms with Crippen LogP contribution in [0.5, 0.6) is 0 Å². The first-order chi connectivity index (χ1) is 8.08. The summed E-state index contributed by atoms with van der Waals surface area (Å²) in [5.41, 5.74) is 8.71. The predicted octanol–water partition coefficient (Wildman–Crippen LogP) is 0.701. The van der Waals surface area contributed by atoms with Gasteiger partial charge in [-0.3, -0.25) is 0 Å². The van der Waals surface area contributed by atoms with E-state index in [0.717, 1.165) is 5.56 Å². The predicted molar refractivity (Wildman–Crippen MR) is 65.0 cm³/mol. The van der Waals surface area contributed by atoms with Crippen LogP contribution in [0.3, 0.4) is 0 Å². The maximum Gasteiger partial charge on any atom is 0.275 e. The van der Waals surface area contributed by atoms with Crippen molar-refractivity contribution in [3.05, 3.63) is 46.0 Å². The van der Waals surface area contributed by atoms with Crippen LogP contribution in [0.1, 0.15) is 12.5 Å². The Balaban J connectivity index is 2.58. The van der Waals surface area contributed by atoms with Crippen LogP contribution in [0.4, 0.5) is 0 Å². The van der Waals surface area contributed by atoms with E-state index in [1.165, 1.54) is 0 Å². The van der Waals surface area contributed by atoms with Gasteiger partial charge in [0.25, 0.3) is 5.96 Å². The average Bonchev–Trinajstić information content (AvgIpc) is 2.27. The van der Waals surface area contributed by atoms with Gasteiger partial charge in [0.05, 0.1) is 0 Å². The van der Waals surface area contributed by atoms with Gasteiger partial charge in [0.1, 0.15) is 0 Å². The maximum absolute atomic E-state index is 10.0. The Morgan fingerprint density at radius 1 is 1.41 bits per heavy atom. The Kier molecular flexibility index (Phi) is 4.61.